The molecule has 0 fully saturated rings. The molecule has 0 unspecified atom stereocenters. The van der Waals surface area contributed by atoms with Crippen molar-refractivity contribution >= 4 is 29.0 Å². The highest BCUT2D eigenvalue weighted by atomic mass is 35.5. The van der Waals surface area contributed by atoms with Gasteiger partial charge in [-0.15, -0.1) is 11.6 Å². The average molecular weight is 281 g/mol. The zero-order chi connectivity index (χ0) is 13.0. The van der Waals surface area contributed by atoms with Crippen LogP contribution in [0.2, 0.25) is 5.02 Å². The third kappa shape index (κ3) is 3.03. The maximum Gasteiger partial charge on any atom is 0.179 e. The Labute approximate surface area is 115 Å². The minimum absolute atomic E-state index is 0.0847. The summed E-state index contributed by atoms with van der Waals surface area (Å²) in [4.78, 5) is 11.4. The summed E-state index contributed by atoms with van der Waals surface area (Å²) in [5.74, 6) is 1.01. The summed E-state index contributed by atoms with van der Waals surface area (Å²) in [6.07, 6.45) is 0. The van der Waals surface area contributed by atoms with Crippen molar-refractivity contribution in [2.75, 3.05) is 5.88 Å². The molecular formula is C14H10Cl2O2. The van der Waals surface area contributed by atoms with Crippen LogP contribution >= 0.6 is 23.2 Å². The Hall–Kier alpha value is -1.51. The number of ether oxygens (including phenoxy) is 1. The second-order valence-corrected chi connectivity index (χ2v) is 4.29. The predicted molar refractivity (Wildman–Crippen MR) is 73.0 cm³/mol. The number of carbonyl (C=O) groups excluding carboxylic acids is 1. The van der Waals surface area contributed by atoms with E-state index in [0.717, 1.165) is 0 Å². The van der Waals surface area contributed by atoms with E-state index in [1.807, 2.05) is 30.3 Å². The first-order valence-corrected chi connectivity index (χ1v) is 6.23. The predicted octanol–water partition coefficient (Wildman–Crippen LogP) is 4.55. The number of halogens is 2. The lowest BCUT2D eigenvalue weighted by molar-refractivity contribution is 0.102. The van der Waals surface area contributed by atoms with Crippen molar-refractivity contribution in [3.63, 3.8) is 0 Å². The molecule has 0 saturated heterocycles. The van der Waals surface area contributed by atoms with E-state index < -0.39 is 0 Å². The molecule has 2 nitrogen and oxygen atoms in total. The van der Waals surface area contributed by atoms with E-state index in [0.29, 0.717) is 22.1 Å². The topological polar surface area (TPSA) is 26.3 Å². The molecule has 0 aliphatic heterocycles. The monoisotopic (exact) mass is 280 g/mol. The number of para-hydroxylation sites is 1. The third-order valence-corrected chi connectivity index (χ3v) is 2.90. The van der Waals surface area contributed by atoms with Gasteiger partial charge in [0, 0.05) is 11.6 Å². The van der Waals surface area contributed by atoms with Crippen LogP contribution in [0.4, 0.5) is 0 Å². The number of rotatable bonds is 4. The Morgan fingerprint density at radius 2 is 1.78 bits per heavy atom. The lowest BCUT2D eigenvalue weighted by Crippen LogP contribution is -2.01. The fourth-order valence-electron chi connectivity index (χ4n) is 1.48. The molecule has 0 saturated carbocycles. The second-order valence-electron chi connectivity index (χ2n) is 3.61. The quantitative estimate of drug-likeness (QED) is 0.607. The van der Waals surface area contributed by atoms with E-state index in [4.69, 9.17) is 27.9 Å². The Balaban J connectivity index is 2.22. The van der Waals surface area contributed by atoms with Gasteiger partial charge in [0.1, 0.15) is 11.5 Å². The van der Waals surface area contributed by atoms with Gasteiger partial charge in [0.05, 0.1) is 10.9 Å². The molecule has 0 aliphatic rings. The van der Waals surface area contributed by atoms with Gasteiger partial charge in [-0.25, -0.2) is 0 Å². The standard InChI is InChI=1S/C14H10Cl2O2/c15-9-14(17)12-7-6-11(8-13(12)16)18-10-4-2-1-3-5-10/h1-8H,9H2. The number of hydrogen-bond donors (Lipinski definition) is 0. The third-order valence-electron chi connectivity index (χ3n) is 2.34. The van der Waals surface area contributed by atoms with Gasteiger partial charge in [0.15, 0.2) is 5.78 Å². The SMILES string of the molecule is O=C(CCl)c1ccc(Oc2ccccc2)cc1Cl. The Kier molecular flexibility index (Phi) is 4.24. The van der Waals surface area contributed by atoms with Gasteiger partial charge in [-0.1, -0.05) is 29.8 Å². The minimum Gasteiger partial charge on any atom is -0.457 e. The summed E-state index contributed by atoms with van der Waals surface area (Å²) in [6.45, 7) is 0. The molecule has 18 heavy (non-hydrogen) atoms. The summed E-state index contributed by atoms with van der Waals surface area (Å²) in [5.41, 5.74) is 0.409. The molecule has 4 heteroatoms. The highest BCUT2D eigenvalue weighted by molar-refractivity contribution is 6.37. The first kappa shape index (κ1) is 12.9. The highest BCUT2D eigenvalue weighted by Crippen LogP contribution is 2.27. The molecule has 2 aromatic rings. The van der Waals surface area contributed by atoms with Crippen molar-refractivity contribution in [1.29, 1.82) is 0 Å². The second kappa shape index (κ2) is 5.89. The van der Waals surface area contributed by atoms with E-state index in [2.05, 4.69) is 0 Å². The maximum atomic E-state index is 11.4. The first-order valence-electron chi connectivity index (χ1n) is 5.32. The Morgan fingerprint density at radius 3 is 2.39 bits per heavy atom. The lowest BCUT2D eigenvalue weighted by atomic mass is 10.1. The molecule has 0 bridgehead atoms. The van der Waals surface area contributed by atoms with Gasteiger partial charge >= 0.3 is 0 Å². The Morgan fingerprint density at radius 1 is 1.06 bits per heavy atom. The van der Waals surface area contributed by atoms with Crippen molar-refractivity contribution < 1.29 is 9.53 Å². The minimum atomic E-state index is -0.201. The first-order chi connectivity index (χ1) is 8.70. The van der Waals surface area contributed by atoms with Gasteiger partial charge in [-0.05, 0) is 24.3 Å². The molecule has 2 rings (SSSR count). The lowest BCUT2D eigenvalue weighted by Gasteiger charge is -2.07. The van der Waals surface area contributed by atoms with Crippen molar-refractivity contribution in [2.24, 2.45) is 0 Å². The number of carbonyl (C=O) groups is 1. The summed E-state index contributed by atoms with van der Waals surface area (Å²) in [7, 11) is 0. The van der Waals surface area contributed by atoms with E-state index >= 15 is 0 Å². The van der Waals surface area contributed by atoms with Crippen molar-refractivity contribution in [3.8, 4) is 11.5 Å². The van der Waals surface area contributed by atoms with Crippen LogP contribution < -0.4 is 4.74 Å². The molecule has 0 amide bonds. The van der Waals surface area contributed by atoms with Crippen LogP contribution in [0, 0.1) is 0 Å². The van der Waals surface area contributed by atoms with E-state index in [1.165, 1.54) is 0 Å². The summed E-state index contributed by atoms with van der Waals surface area (Å²) in [5, 5.41) is 0.342. The van der Waals surface area contributed by atoms with E-state index in [-0.39, 0.29) is 11.7 Å². The zero-order valence-corrected chi connectivity index (χ0v) is 10.9. The summed E-state index contributed by atoms with van der Waals surface area (Å²) >= 11 is 11.5. The van der Waals surface area contributed by atoms with Crippen LogP contribution in [0.1, 0.15) is 10.4 Å². The fourth-order valence-corrected chi connectivity index (χ4v) is 1.90. The zero-order valence-electron chi connectivity index (χ0n) is 9.40. The van der Waals surface area contributed by atoms with Crippen LogP contribution in [0.5, 0.6) is 11.5 Å². The Bertz CT molecular complexity index is 553. The largest absolute Gasteiger partial charge is 0.457 e. The van der Waals surface area contributed by atoms with Crippen LogP contribution in [0.3, 0.4) is 0 Å². The molecule has 0 heterocycles. The van der Waals surface area contributed by atoms with Crippen LogP contribution in [-0.4, -0.2) is 11.7 Å². The van der Waals surface area contributed by atoms with Gasteiger partial charge < -0.3 is 4.74 Å². The molecule has 0 N–H and O–H groups in total. The van der Waals surface area contributed by atoms with Crippen molar-refractivity contribution in [3.05, 3.63) is 59.1 Å². The molecule has 0 aliphatic carbocycles. The van der Waals surface area contributed by atoms with E-state index in [9.17, 15) is 4.79 Å². The molecular weight excluding hydrogens is 271 g/mol. The molecule has 0 aromatic heterocycles. The number of benzene rings is 2. The molecule has 0 radical (unpaired) electrons. The number of Topliss-reactive ketones (excluding diaryl/α,β-unsaturated/α-hetero) is 1. The van der Waals surface area contributed by atoms with Crippen molar-refractivity contribution in [2.45, 2.75) is 0 Å². The molecule has 92 valence electrons. The van der Waals surface area contributed by atoms with Crippen molar-refractivity contribution in [1.82, 2.24) is 0 Å². The van der Waals surface area contributed by atoms with Crippen LogP contribution in [-0.2, 0) is 0 Å². The van der Waals surface area contributed by atoms with Crippen LogP contribution in [0.15, 0.2) is 48.5 Å². The normalized spacial score (nSPS) is 10.1. The fraction of sp³-hybridized carbons (Fsp3) is 0.0714. The van der Waals surface area contributed by atoms with Gasteiger partial charge in [-0.2, -0.15) is 0 Å². The summed E-state index contributed by atoms with van der Waals surface area (Å²) in [6, 6.07) is 14.3. The molecule has 0 spiro atoms. The number of alkyl halides is 1. The highest BCUT2D eigenvalue weighted by Gasteiger charge is 2.10. The molecule has 2 aromatic carbocycles. The number of ketones is 1. The van der Waals surface area contributed by atoms with Gasteiger partial charge in [0.25, 0.3) is 0 Å². The number of hydrogen-bond acceptors (Lipinski definition) is 2. The van der Waals surface area contributed by atoms with Gasteiger partial charge in [0.2, 0.25) is 0 Å². The average Bonchev–Trinajstić information content (AvgIpc) is 2.39. The van der Waals surface area contributed by atoms with Gasteiger partial charge in [-0.3, -0.25) is 4.79 Å². The summed E-state index contributed by atoms with van der Waals surface area (Å²) < 4.78 is 5.60. The molecule has 0 atom stereocenters. The van der Waals surface area contributed by atoms with E-state index in [1.54, 1.807) is 18.2 Å². The maximum absolute atomic E-state index is 11.4. The van der Waals surface area contributed by atoms with Crippen LogP contribution in [0.25, 0.3) is 0 Å². The smallest absolute Gasteiger partial charge is 0.179 e.